The molecule has 2 aromatic rings. The normalized spacial score (nSPS) is 10.8. The van der Waals surface area contributed by atoms with Crippen LogP contribution in [0.4, 0.5) is 0 Å². The fourth-order valence-corrected chi connectivity index (χ4v) is 2.06. The van der Waals surface area contributed by atoms with Gasteiger partial charge < -0.3 is 4.74 Å². The monoisotopic (exact) mass is 277 g/mol. The predicted molar refractivity (Wildman–Crippen MR) is 72.6 cm³/mol. The number of pyridine rings is 1. The van der Waals surface area contributed by atoms with E-state index in [4.69, 9.17) is 4.74 Å². The molecule has 0 unspecified atom stereocenters. The number of aromatic nitrogens is 3. The number of ether oxygens (including phenoxy) is 1. The highest BCUT2D eigenvalue weighted by molar-refractivity contribution is 5.83. The Bertz CT molecular complexity index is 789. The quantitative estimate of drug-likeness (QED) is 0.722. The molecule has 106 valence electrons. The Labute approximate surface area is 114 Å². The lowest BCUT2D eigenvalue weighted by Gasteiger charge is -2.09. The van der Waals surface area contributed by atoms with Crippen LogP contribution in [0.1, 0.15) is 12.5 Å². The van der Waals surface area contributed by atoms with Crippen LogP contribution in [0.2, 0.25) is 0 Å². The summed E-state index contributed by atoms with van der Waals surface area (Å²) in [5.74, 6) is -0.420. The van der Waals surface area contributed by atoms with Crippen LogP contribution >= 0.6 is 0 Å². The van der Waals surface area contributed by atoms with Gasteiger partial charge in [0.2, 0.25) is 0 Å². The van der Waals surface area contributed by atoms with Crippen LogP contribution < -0.4 is 11.2 Å². The third-order valence-electron chi connectivity index (χ3n) is 3.07. The van der Waals surface area contributed by atoms with Crippen molar-refractivity contribution in [1.29, 1.82) is 0 Å². The van der Waals surface area contributed by atoms with Gasteiger partial charge in [-0.2, -0.15) is 0 Å². The van der Waals surface area contributed by atoms with Crippen LogP contribution in [0.25, 0.3) is 11.0 Å². The van der Waals surface area contributed by atoms with Gasteiger partial charge in [-0.15, -0.1) is 0 Å². The lowest BCUT2D eigenvalue weighted by Crippen LogP contribution is -2.37. The first-order chi connectivity index (χ1) is 9.47. The van der Waals surface area contributed by atoms with Crippen molar-refractivity contribution >= 4 is 17.0 Å². The molecule has 2 aromatic heterocycles. The van der Waals surface area contributed by atoms with Gasteiger partial charge in [0, 0.05) is 20.3 Å². The molecule has 0 amide bonds. The van der Waals surface area contributed by atoms with Gasteiger partial charge in [0.1, 0.15) is 5.65 Å². The molecule has 0 aromatic carbocycles. The number of fused-ring (bicyclic) bond motifs is 1. The molecule has 0 radical (unpaired) electrons. The Morgan fingerprint density at radius 2 is 2.00 bits per heavy atom. The standard InChI is InChI=1S/C13H15N3O4/c1-4-20-9(17)7-8-5-6-14-11-10(8)12(18)16(3)13(19)15(11)2/h5-6H,4,7H2,1-3H3. The summed E-state index contributed by atoms with van der Waals surface area (Å²) < 4.78 is 7.16. The first-order valence-electron chi connectivity index (χ1n) is 6.16. The van der Waals surface area contributed by atoms with E-state index in [-0.39, 0.29) is 24.1 Å². The Morgan fingerprint density at radius 1 is 1.30 bits per heavy atom. The van der Waals surface area contributed by atoms with Crippen LogP contribution in [-0.2, 0) is 30.0 Å². The molecule has 0 saturated heterocycles. The highest BCUT2D eigenvalue weighted by Gasteiger charge is 2.15. The molecule has 7 nitrogen and oxygen atoms in total. The zero-order valence-corrected chi connectivity index (χ0v) is 11.5. The van der Waals surface area contributed by atoms with Crippen molar-refractivity contribution < 1.29 is 9.53 Å². The molecule has 20 heavy (non-hydrogen) atoms. The zero-order chi connectivity index (χ0) is 14.9. The molecule has 7 heteroatoms. The minimum atomic E-state index is -0.463. The van der Waals surface area contributed by atoms with E-state index >= 15 is 0 Å². The molecule has 0 aliphatic carbocycles. The van der Waals surface area contributed by atoms with Crippen molar-refractivity contribution in [2.24, 2.45) is 14.1 Å². The number of nitrogens with zero attached hydrogens (tertiary/aromatic N) is 3. The Kier molecular flexibility index (Phi) is 3.69. The number of hydrogen-bond acceptors (Lipinski definition) is 5. The topological polar surface area (TPSA) is 83.2 Å². The van der Waals surface area contributed by atoms with Crippen molar-refractivity contribution in [1.82, 2.24) is 14.1 Å². The predicted octanol–water partition coefficient (Wildman–Crippen LogP) is -0.262. The maximum atomic E-state index is 12.2. The second-order valence-corrected chi connectivity index (χ2v) is 4.36. The number of carbonyl (C=O) groups excluding carboxylic acids is 1. The maximum Gasteiger partial charge on any atom is 0.332 e. The van der Waals surface area contributed by atoms with Crippen molar-refractivity contribution in [3.05, 3.63) is 38.7 Å². The van der Waals surface area contributed by atoms with Crippen molar-refractivity contribution in [2.75, 3.05) is 6.61 Å². The highest BCUT2D eigenvalue weighted by atomic mass is 16.5. The van der Waals surface area contributed by atoms with Crippen molar-refractivity contribution in [3.63, 3.8) is 0 Å². The molecular formula is C13H15N3O4. The SMILES string of the molecule is CCOC(=O)Cc1ccnc2c1c(=O)n(C)c(=O)n2C. The second kappa shape index (κ2) is 5.28. The van der Waals surface area contributed by atoms with Gasteiger partial charge in [-0.05, 0) is 18.6 Å². The molecule has 0 aliphatic heterocycles. The molecule has 2 rings (SSSR count). The van der Waals surface area contributed by atoms with E-state index < -0.39 is 17.2 Å². The van der Waals surface area contributed by atoms with Crippen LogP contribution in [0.3, 0.4) is 0 Å². The molecule has 2 heterocycles. The van der Waals surface area contributed by atoms with E-state index in [1.54, 1.807) is 13.0 Å². The van der Waals surface area contributed by atoms with Gasteiger partial charge in [0.15, 0.2) is 0 Å². The summed E-state index contributed by atoms with van der Waals surface area (Å²) in [6.45, 7) is 1.99. The van der Waals surface area contributed by atoms with E-state index in [0.717, 1.165) is 4.57 Å². The first-order valence-corrected chi connectivity index (χ1v) is 6.16. The van der Waals surface area contributed by atoms with E-state index in [1.807, 2.05) is 0 Å². The van der Waals surface area contributed by atoms with E-state index in [9.17, 15) is 14.4 Å². The summed E-state index contributed by atoms with van der Waals surface area (Å²) in [5, 5.41) is 0.269. The molecule has 0 atom stereocenters. The van der Waals surface area contributed by atoms with Crippen LogP contribution in [0, 0.1) is 0 Å². The number of hydrogen-bond donors (Lipinski definition) is 0. The van der Waals surface area contributed by atoms with Crippen LogP contribution in [0.5, 0.6) is 0 Å². The maximum absolute atomic E-state index is 12.2. The van der Waals surface area contributed by atoms with Crippen LogP contribution in [0.15, 0.2) is 21.9 Å². The van der Waals surface area contributed by atoms with Gasteiger partial charge in [0.25, 0.3) is 5.56 Å². The van der Waals surface area contributed by atoms with Gasteiger partial charge in [-0.1, -0.05) is 0 Å². The summed E-state index contributed by atoms with van der Waals surface area (Å²) in [4.78, 5) is 39.7. The third-order valence-corrected chi connectivity index (χ3v) is 3.07. The first kappa shape index (κ1) is 14.0. The van der Waals surface area contributed by atoms with E-state index in [1.165, 1.54) is 24.9 Å². The highest BCUT2D eigenvalue weighted by Crippen LogP contribution is 2.11. The molecule has 0 bridgehead atoms. The average Bonchev–Trinajstić information content (AvgIpc) is 2.43. The Morgan fingerprint density at radius 3 is 2.65 bits per heavy atom. The zero-order valence-electron chi connectivity index (χ0n) is 11.5. The second-order valence-electron chi connectivity index (χ2n) is 4.36. The smallest absolute Gasteiger partial charge is 0.332 e. The molecule has 0 fully saturated rings. The van der Waals surface area contributed by atoms with Gasteiger partial charge in [-0.25, -0.2) is 9.78 Å². The largest absolute Gasteiger partial charge is 0.466 e. The van der Waals surface area contributed by atoms with Gasteiger partial charge >= 0.3 is 11.7 Å². The number of esters is 1. The fraction of sp³-hybridized carbons (Fsp3) is 0.385. The Hall–Kier alpha value is -2.44. The minimum absolute atomic E-state index is 0.0275. The summed E-state index contributed by atoms with van der Waals surface area (Å²) in [6.07, 6.45) is 1.44. The molecule has 0 saturated carbocycles. The summed E-state index contributed by atoms with van der Waals surface area (Å²) >= 11 is 0. The molecule has 0 spiro atoms. The van der Waals surface area contributed by atoms with Crippen molar-refractivity contribution in [2.45, 2.75) is 13.3 Å². The minimum Gasteiger partial charge on any atom is -0.466 e. The summed E-state index contributed by atoms with van der Waals surface area (Å²) in [7, 11) is 2.93. The summed E-state index contributed by atoms with van der Waals surface area (Å²) in [6, 6.07) is 1.59. The van der Waals surface area contributed by atoms with Gasteiger partial charge in [-0.3, -0.25) is 18.7 Å². The number of rotatable bonds is 3. The van der Waals surface area contributed by atoms with E-state index in [0.29, 0.717) is 5.56 Å². The van der Waals surface area contributed by atoms with Gasteiger partial charge in [0.05, 0.1) is 18.4 Å². The lowest BCUT2D eigenvalue weighted by atomic mass is 10.1. The Balaban J connectivity index is 2.72. The molecule has 0 aliphatic rings. The fourth-order valence-electron chi connectivity index (χ4n) is 2.06. The van der Waals surface area contributed by atoms with Crippen molar-refractivity contribution in [3.8, 4) is 0 Å². The summed E-state index contributed by atoms with van der Waals surface area (Å²) in [5.41, 5.74) is -0.150. The van der Waals surface area contributed by atoms with Crippen LogP contribution in [-0.4, -0.2) is 26.7 Å². The lowest BCUT2D eigenvalue weighted by molar-refractivity contribution is -0.142. The molecule has 0 N–H and O–H groups in total. The average molecular weight is 277 g/mol. The number of carbonyl (C=O) groups is 1. The molecular weight excluding hydrogens is 262 g/mol. The number of aryl methyl sites for hydroxylation is 1. The van der Waals surface area contributed by atoms with E-state index in [2.05, 4.69) is 4.98 Å². The third kappa shape index (κ3) is 2.22.